The summed E-state index contributed by atoms with van der Waals surface area (Å²) < 4.78 is 15.4. The van der Waals surface area contributed by atoms with Crippen molar-refractivity contribution in [1.82, 2.24) is 19.1 Å². The number of nitrogens with zero attached hydrogens (tertiary/aromatic N) is 4. The summed E-state index contributed by atoms with van der Waals surface area (Å²) in [5, 5.41) is 0. The van der Waals surface area contributed by atoms with Gasteiger partial charge in [0.25, 0.3) is 5.56 Å². The summed E-state index contributed by atoms with van der Waals surface area (Å²) in [7, 11) is 0. The molecule has 1 aromatic carbocycles. The lowest BCUT2D eigenvalue weighted by Crippen LogP contribution is -2.41. The van der Waals surface area contributed by atoms with Gasteiger partial charge in [-0.25, -0.2) is 14.2 Å². The first-order valence-electron chi connectivity index (χ1n) is 8.81. The number of hydrogen-bond acceptors (Lipinski definition) is 5. The van der Waals surface area contributed by atoms with Gasteiger partial charge < -0.3 is 0 Å². The van der Waals surface area contributed by atoms with E-state index in [9.17, 15) is 18.8 Å². The number of fused-ring (bicyclic) bond motifs is 1. The third-order valence-corrected chi connectivity index (χ3v) is 4.50. The SMILES string of the molecule is O=C(Cn1c(=O)n(Cc2ccccn2)c(=O)c2ncccc21)c1ccc(F)cc1. The Kier molecular flexibility index (Phi) is 4.82. The van der Waals surface area contributed by atoms with E-state index in [4.69, 9.17) is 0 Å². The van der Waals surface area contributed by atoms with Gasteiger partial charge in [-0.05, 0) is 48.5 Å². The number of halogens is 1. The van der Waals surface area contributed by atoms with Gasteiger partial charge in [0.15, 0.2) is 11.3 Å². The molecule has 0 aliphatic heterocycles. The molecule has 0 unspecified atom stereocenters. The number of ketones is 1. The molecule has 0 atom stereocenters. The molecule has 0 fully saturated rings. The summed E-state index contributed by atoms with van der Waals surface area (Å²) in [6, 6.07) is 13.4. The Hall–Kier alpha value is -3.94. The summed E-state index contributed by atoms with van der Waals surface area (Å²) in [6.07, 6.45) is 3.02. The zero-order valence-electron chi connectivity index (χ0n) is 15.2. The number of carbonyl (C=O) groups is 1. The van der Waals surface area contributed by atoms with Crippen LogP contribution in [0.5, 0.6) is 0 Å². The van der Waals surface area contributed by atoms with E-state index in [1.165, 1.54) is 35.0 Å². The number of aromatic nitrogens is 4. The van der Waals surface area contributed by atoms with E-state index in [0.717, 1.165) is 4.57 Å². The van der Waals surface area contributed by atoms with E-state index in [1.54, 1.807) is 36.5 Å². The van der Waals surface area contributed by atoms with Gasteiger partial charge in [0.05, 0.1) is 24.3 Å². The van der Waals surface area contributed by atoms with Crippen LogP contribution >= 0.6 is 0 Å². The Morgan fingerprint density at radius 2 is 1.66 bits per heavy atom. The molecule has 0 radical (unpaired) electrons. The van der Waals surface area contributed by atoms with Crippen molar-refractivity contribution < 1.29 is 9.18 Å². The molecule has 0 saturated heterocycles. The van der Waals surface area contributed by atoms with Crippen molar-refractivity contribution in [2.24, 2.45) is 0 Å². The second kappa shape index (κ2) is 7.59. The second-order valence-corrected chi connectivity index (χ2v) is 6.38. The largest absolute Gasteiger partial charge is 0.332 e. The Bertz CT molecular complexity index is 1310. The average Bonchev–Trinajstić information content (AvgIpc) is 2.75. The van der Waals surface area contributed by atoms with Crippen molar-refractivity contribution in [2.75, 3.05) is 0 Å². The number of hydrogen-bond donors (Lipinski definition) is 0. The Labute approximate surface area is 163 Å². The van der Waals surface area contributed by atoms with Crippen LogP contribution in [0.2, 0.25) is 0 Å². The number of benzene rings is 1. The maximum absolute atomic E-state index is 13.1. The van der Waals surface area contributed by atoms with Crippen LogP contribution in [0, 0.1) is 5.82 Å². The number of rotatable bonds is 5. The van der Waals surface area contributed by atoms with Crippen molar-refractivity contribution in [3.8, 4) is 0 Å². The van der Waals surface area contributed by atoms with Crippen molar-refractivity contribution in [3.05, 3.63) is 105 Å². The van der Waals surface area contributed by atoms with Crippen LogP contribution < -0.4 is 11.2 Å². The van der Waals surface area contributed by atoms with Crippen LogP contribution in [0.3, 0.4) is 0 Å². The van der Waals surface area contributed by atoms with E-state index >= 15 is 0 Å². The van der Waals surface area contributed by atoms with Crippen LogP contribution in [0.25, 0.3) is 11.0 Å². The molecule has 0 N–H and O–H groups in total. The van der Waals surface area contributed by atoms with Crippen LogP contribution in [0.1, 0.15) is 16.1 Å². The minimum Gasteiger partial charge on any atom is -0.292 e. The highest BCUT2D eigenvalue weighted by atomic mass is 19.1. The third-order valence-electron chi connectivity index (χ3n) is 4.50. The lowest BCUT2D eigenvalue weighted by molar-refractivity contribution is 0.0971. The molecule has 0 bridgehead atoms. The van der Waals surface area contributed by atoms with Crippen molar-refractivity contribution in [1.29, 1.82) is 0 Å². The lowest BCUT2D eigenvalue weighted by atomic mass is 10.1. The van der Waals surface area contributed by atoms with Crippen LogP contribution in [-0.4, -0.2) is 24.9 Å². The molecule has 4 aromatic rings. The maximum Gasteiger partial charge on any atom is 0.332 e. The van der Waals surface area contributed by atoms with Gasteiger partial charge >= 0.3 is 5.69 Å². The minimum atomic E-state index is -0.642. The number of pyridine rings is 2. The quantitative estimate of drug-likeness (QED) is 0.487. The van der Waals surface area contributed by atoms with E-state index in [2.05, 4.69) is 9.97 Å². The van der Waals surface area contributed by atoms with E-state index in [0.29, 0.717) is 5.69 Å². The minimum absolute atomic E-state index is 0.0459. The van der Waals surface area contributed by atoms with Crippen molar-refractivity contribution in [2.45, 2.75) is 13.1 Å². The zero-order valence-corrected chi connectivity index (χ0v) is 15.2. The normalized spacial score (nSPS) is 10.9. The van der Waals surface area contributed by atoms with Gasteiger partial charge in [-0.3, -0.25) is 23.7 Å². The summed E-state index contributed by atoms with van der Waals surface area (Å²) >= 11 is 0. The first-order chi connectivity index (χ1) is 14.0. The first kappa shape index (κ1) is 18.4. The van der Waals surface area contributed by atoms with Crippen LogP contribution in [0.4, 0.5) is 4.39 Å². The fourth-order valence-electron chi connectivity index (χ4n) is 3.06. The summed E-state index contributed by atoms with van der Waals surface area (Å²) in [6.45, 7) is -0.356. The van der Waals surface area contributed by atoms with E-state index in [-0.39, 0.29) is 35.5 Å². The molecule has 3 heterocycles. The second-order valence-electron chi connectivity index (χ2n) is 6.38. The third kappa shape index (κ3) is 3.60. The molecule has 144 valence electrons. The van der Waals surface area contributed by atoms with E-state index in [1.807, 2.05) is 0 Å². The monoisotopic (exact) mass is 390 g/mol. The highest BCUT2D eigenvalue weighted by molar-refractivity contribution is 5.96. The van der Waals surface area contributed by atoms with Crippen molar-refractivity contribution >= 4 is 16.8 Å². The lowest BCUT2D eigenvalue weighted by Gasteiger charge is -2.13. The number of carbonyl (C=O) groups excluding carboxylic acids is 1. The standard InChI is InChI=1S/C21H15FN4O3/c22-15-8-6-14(7-9-15)18(27)13-25-17-5-3-11-24-19(17)20(28)26(21(25)29)12-16-4-1-2-10-23-16/h1-11H,12-13H2. The molecule has 7 nitrogen and oxygen atoms in total. The summed E-state index contributed by atoms with van der Waals surface area (Å²) in [5.41, 5.74) is -0.0697. The Balaban J connectivity index is 1.84. The van der Waals surface area contributed by atoms with Crippen LogP contribution in [-0.2, 0) is 13.1 Å². The highest BCUT2D eigenvalue weighted by Crippen LogP contribution is 2.09. The van der Waals surface area contributed by atoms with Gasteiger partial charge in [0.1, 0.15) is 5.82 Å². The molecule has 0 saturated carbocycles. The smallest absolute Gasteiger partial charge is 0.292 e. The molecule has 29 heavy (non-hydrogen) atoms. The summed E-state index contributed by atoms with van der Waals surface area (Å²) in [5.74, 6) is -0.849. The predicted molar refractivity (Wildman–Crippen MR) is 104 cm³/mol. The Morgan fingerprint density at radius 3 is 2.38 bits per heavy atom. The fraction of sp³-hybridized carbons (Fsp3) is 0.0952. The first-order valence-corrected chi connectivity index (χ1v) is 8.81. The molecular formula is C21H15FN4O3. The topological polar surface area (TPSA) is 86.9 Å². The van der Waals surface area contributed by atoms with Gasteiger partial charge in [-0.15, -0.1) is 0 Å². The average molecular weight is 390 g/mol. The van der Waals surface area contributed by atoms with Gasteiger partial charge in [0, 0.05) is 18.0 Å². The fourth-order valence-corrected chi connectivity index (χ4v) is 3.06. The molecule has 4 rings (SSSR count). The van der Waals surface area contributed by atoms with Gasteiger partial charge in [-0.2, -0.15) is 0 Å². The van der Waals surface area contributed by atoms with Crippen LogP contribution in [0.15, 0.2) is 76.6 Å². The molecule has 0 aliphatic carbocycles. The molecular weight excluding hydrogens is 375 g/mol. The van der Waals surface area contributed by atoms with E-state index < -0.39 is 17.1 Å². The Morgan fingerprint density at radius 1 is 0.897 bits per heavy atom. The highest BCUT2D eigenvalue weighted by Gasteiger charge is 2.17. The molecule has 0 spiro atoms. The maximum atomic E-state index is 13.1. The molecule has 0 amide bonds. The zero-order chi connectivity index (χ0) is 20.4. The number of Topliss-reactive ketones (excluding diaryl/α,β-unsaturated/α-hetero) is 1. The molecule has 8 heteroatoms. The molecule has 0 aliphatic rings. The summed E-state index contributed by atoms with van der Waals surface area (Å²) in [4.78, 5) is 46.8. The predicted octanol–water partition coefficient (Wildman–Crippen LogP) is 2.02. The van der Waals surface area contributed by atoms with Crippen molar-refractivity contribution in [3.63, 3.8) is 0 Å². The van der Waals surface area contributed by atoms with Gasteiger partial charge in [0.2, 0.25) is 0 Å². The van der Waals surface area contributed by atoms with Gasteiger partial charge in [-0.1, -0.05) is 6.07 Å². The molecule has 3 aromatic heterocycles.